The molecule has 2 heteroatoms. The summed E-state index contributed by atoms with van der Waals surface area (Å²) in [6.45, 7) is 1.14. The van der Waals surface area contributed by atoms with Crippen molar-refractivity contribution in [1.29, 1.82) is 0 Å². The molecule has 1 aromatic rings. The number of rotatable bonds is 1. The van der Waals surface area contributed by atoms with E-state index in [0.717, 1.165) is 18.5 Å². The first-order valence-electron chi connectivity index (χ1n) is 4.77. The van der Waals surface area contributed by atoms with Crippen molar-refractivity contribution < 1.29 is 5.11 Å². The number of hydrogen-bond acceptors (Lipinski definition) is 2. The Kier molecular flexibility index (Phi) is 2.23. The van der Waals surface area contributed by atoms with Crippen molar-refractivity contribution in [3.8, 4) is 5.75 Å². The molecule has 1 unspecified atom stereocenters. The van der Waals surface area contributed by atoms with E-state index in [1.165, 1.54) is 6.42 Å². The minimum Gasteiger partial charge on any atom is -0.508 e. The summed E-state index contributed by atoms with van der Waals surface area (Å²) in [5, 5.41) is 9.66. The molecule has 0 spiro atoms. The van der Waals surface area contributed by atoms with E-state index in [9.17, 15) is 5.11 Å². The quantitative estimate of drug-likeness (QED) is 0.710. The summed E-state index contributed by atoms with van der Waals surface area (Å²) in [6.07, 6.45) is 2.39. The van der Waals surface area contributed by atoms with Gasteiger partial charge in [0.25, 0.3) is 0 Å². The smallest absolute Gasteiger partial charge is 0.120 e. The molecule has 1 heterocycles. The van der Waals surface area contributed by atoms with Crippen molar-refractivity contribution in [3.05, 3.63) is 29.8 Å². The maximum absolute atomic E-state index is 9.66. The topological polar surface area (TPSA) is 23.5 Å². The molecule has 1 aliphatic rings. The van der Waals surface area contributed by atoms with Crippen LogP contribution in [0.5, 0.6) is 5.75 Å². The lowest BCUT2D eigenvalue weighted by atomic mass is 10.0. The molecule has 1 aromatic carbocycles. The normalized spacial score (nSPS) is 23.6. The SMILES string of the molecule is CN1CCCC1c1ccccc1O. The van der Waals surface area contributed by atoms with Gasteiger partial charge < -0.3 is 5.11 Å². The number of benzene rings is 1. The summed E-state index contributed by atoms with van der Waals surface area (Å²) in [5.41, 5.74) is 1.07. The summed E-state index contributed by atoms with van der Waals surface area (Å²) in [7, 11) is 2.12. The lowest BCUT2D eigenvalue weighted by Crippen LogP contribution is -2.17. The van der Waals surface area contributed by atoms with Gasteiger partial charge in [0.1, 0.15) is 5.75 Å². The Morgan fingerprint density at radius 3 is 2.77 bits per heavy atom. The van der Waals surface area contributed by atoms with Gasteiger partial charge in [-0.3, -0.25) is 4.90 Å². The Balaban J connectivity index is 2.29. The lowest BCUT2D eigenvalue weighted by molar-refractivity contribution is 0.309. The summed E-state index contributed by atoms with van der Waals surface area (Å²) < 4.78 is 0. The molecule has 2 nitrogen and oxygen atoms in total. The molecule has 0 aliphatic carbocycles. The molecule has 0 amide bonds. The van der Waals surface area contributed by atoms with Crippen LogP contribution in [0.2, 0.25) is 0 Å². The number of phenolic OH excluding ortho intramolecular Hbond substituents is 1. The summed E-state index contributed by atoms with van der Waals surface area (Å²) >= 11 is 0. The second-order valence-electron chi connectivity index (χ2n) is 3.70. The third-order valence-electron chi connectivity index (χ3n) is 2.82. The Bertz CT molecular complexity index is 298. The molecule has 70 valence electrons. The predicted molar refractivity (Wildman–Crippen MR) is 52.7 cm³/mol. The Morgan fingerprint density at radius 2 is 2.15 bits per heavy atom. The van der Waals surface area contributed by atoms with Gasteiger partial charge in [-0.05, 0) is 32.5 Å². The zero-order valence-electron chi connectivity index (χ0n) is 7.90. The average Bonchev–Trinajstić information content (AvgIpc) is 2.52. The first-order chi connectivity index (χ1) is 6.29. The number of hydrogen-bond donors (Lipinski definition) is 1. The minimum absolute atomic E-state index is 0.418. The fourth-order valence-electron chi connectivity index (χ4n) is 2.07. The van der Waals surface area contributed by atoms with E-state index in [-0.39, 0.29) is 0 Å². The maximum atomic E-state index is 9.66. The van der Waals surface area contributed by atoms with Crippen LogP contribution in [-0.2, 0) is 0 Å². The van der Waals surface area contributed by atoms with E-state index in [1.807, 2.05) is 18.2 Å². The first-order valence-corrected chi connectivity index (χ1v) is 4.77. The molecule has 1 fully saturated rings. The van der Waals surface area contributed by atoms with Crippen LogP contribution in [0.1, 0.15) is 24.4 Å². The zero-order valence-corrected chi connectivity index (χ0v) is 7.90. The number of aromatic hydroxyl groups is 1. The highest BCUT2D eigenvalue weighted by Crippen LogP contribution is 2.34. The van der Waals surface area contributed by atoms with Crippen LogP contribution in [0, 0.1) is 0 Å². The minimum atomic E-state index is 0.418. The van der Waals surface area contributed by atoms with Gasteiger partial charge in [-0.2, -0.15) is 0 Å². The molecule has 13 heavy (non-hydrogen) atoms. The van der Waals surface area contributed by atoms with E-state index in [2.05, 4.69) is 11.9 Å². The van der Waals surface area contributed by atoms with Crippen LogP contribution in [0.15, 0.2) is 24.3 Å². The second-order valence-corrected chi connectivity index (χ2v) is 3.70. The van der Waals surface area contributed by atoms with Crippen LogP contribution in [0.3, 0.4) is 0 Å². The number of phenols is 1. The van der Waals surface area contributed by atoms with Crippen molar-refractivity contribution in [2.24, 2.45) is 0 Å². The van der Waals surface area contributed by atoms with Crippen molar-refractivity contribution in [3.63, 3.8) is 0 Å². The maximum Gasteiger partial charge on any atom is 0.120 e. The average molecular weight is 177 g/mol. The molecule has 0 saturated carbocycles. The van der Waals surface area contributed by atoms with Gasteiger partial charge in [-0.1, -0.05) is 18.2 Å². The van der Waals surface area contributed by atoms with Crippen molar-refractivity contribution in [2.45, 2.75) is 18.9 Å². The third kappa shape index (κ3) is 1.54. The molecule has 0 aromatic heterocycles. The molecule has 2 rings (SSSR count). The monoisotopic (exact) mass is 177 g/mol. The van der Waals surface area contributed by atoms with Crippen LogP contribution < -0.4 is 0 Å². The van der Waals surface area contributed by atoms with Gasteiger partial charge >= 0.3 is 0 Å². The molecular formula is C11H15NO. The Labute approximate surface area is 78.8 Å². The molecule has 0 radical (unpaired) electrons. The summed E-state index contributed by atoms with van der Waals surface area (Å²) in [5.74, 6) is 0.432. The largest absolute Gasteiger partial charge is 0.508 e. The molecule has 1 saturated heterocycles. The van der Waals surface area contributed by atoms with Gasteiger partial charge in [0.15, 0.2) is 0 Å². The van der Waals surface area contributed by atoms with E-state index < -0.39 is 0 Å². The molecule has 1 aliphatic heterocycles. The highest BCUT2D eigenvalue weighted by Gasteiger charge is 2.24. The van der Waals surface area contributed by atoms with Gasteiger partial charge in [-0.25, -0.2) is 0 Å². The predicted octanol–water partition coefficient (Wildman–Crippen LogP) is 2.16. The zero-order chi connectivity index (χ0) is 9.26. The van der Waals surface area contributed by atoms with Crippen LogP contribution in [-0.4, -0.2) is 23.6 Å². The third-order valence-corrected chi connectivity index (χ3v) is 2.82. The van der Waals surface area contributed by atoms with Crippen LogP contribution in [0.25, 0.3) is 0 Å². The Morgan fingerprint density at radius 1 is 1.38 bits per heavy atom. The van der Waals surface area contributed by atoms with E-state index in [1.54, 1.807) is 6.07 Å². The van der Waals surface area contributed by atoms with Gasteiger partial charge in [0, 0.05) is 11.6 Å². The Hall–Kier alpha value is -1.02. The fourth-order valence-corrected chi connectivity index (χ4v) is 2.07. The van der Waals surface area contributed by atoms with Gasteiger partial charge in [0.2, 0.25) is 0 Å². The molecule has 0 bridgehead atoms. The fraction of sp³-hybridized carbons (Fsp3) is 0.455. The highest BCUT2D eigenvalue weighted by atomic mass is 16.3. The number of nitrogens with zero attached hydrogens (tertiary/aromatic N) is 1. The molecule has 1 atom stereocenters. The summed E-state index contributed by atoms with van der Waals surface area (Å²) in [4.78, 5) is 2.30. The number of para-hydroxylation sites is 1. The molecule has 1 N–H and O–H groups in total. The van der Waals surface area contributed by atoms with E-state index >= 15 is 0 Å². The van der Waals surface area contributed by atoms with E-state index in [0.29, 0.717) is 11.8 Å². The lowest BCUT2D eigenvalue weighted by Gasteiger charge is -2.20. The first kappa shape index (κ1) is 8.57. The van der Waals surface area contributed by atoms with Crippen LogP contribution in [0.4, 0.5) is 0 Å². The number of likely N-dealkylation sites (tertiary alicyclic amines) is 1. The highest BCUT2D eigenvalue weighted by molar-refractivity contribution is 5.34. The van der Waals surface area contributed by atoms with Crippen molar-refractivity contribution in [1.82, 2.24) is 4.90 Å². The van der Waals surface area contributed by atoms with Crippen molar-refractivity contribution in [2.75, 3.05) is 13.6 Å². The van der Waals surface area contributed by atoms with Gasteiger partial charge in [-0.15, -0.1) is 0 Å². The van der Waals surface area contributed by atoms with Crippen molar-refractivity contribution >= 4 is 0 Å². The van der Waals surface area contributed by atoms with Crippen LogP contribution >= 0.6 is 0 Å². The second kappa shape index (κ2) is 3.38. The van der Waals surface area contributed by atoms with Gasteiger partial charge in [0.05, 0.1) is 0 Å². The summed E-state index contributed by atoms with van der Waals surface area (Å²) in [6, 6.07) is 8.05. The standard InChI is InChI=1S/C11H15NO/c1-12-8-4-6-10(12)9-5-2-3-7-11(9)13/h2-3,5,7,10,13H,4,6,8H2,1H3. The molecular weight excluding hydrogens is 162 g/mol. The van der Waals surface area contributed by atoms with E-state index in [4.69, 9.17) is 0 Å².